The van der Waals surface area contributed by atoms with Crippen molar-refractivity contribution in [2.24, 2.45) is 0 Å². The van der Waals surface area contributed by atoms with Crippen LogP contribution in [0.4, 0.5) is 15.8 Å². The van der Waals surface area contributed by atoms with Crippen LogP contribution in [-0.2, 0) is 4.79 Å². The normalized spacial score (nSPS) is 10.8. The topological polar surface area (TPSA) is 85.4 Å². The van der Waals surface area contributed by atoms with Crippen molar-refractivity contribution in [2.45, 2.75) is 6.92 Å². The maximum atomic E-state index is 13.4. The van der Waals surface area contributed by atoms with E-state index >= 15 is 0 Å². The van der Waals surface area contributed by atoms with E-state index in [9.17, 15) is 19.3 Å². The zero-order chi connectivity index (χ0) is 15.4. The third-order valence-corrected chi connectivity index (χ3v) is 2.57. The largest absolute Gasteiger partial charge is 0.462 e. The van der Waals surface area contributed by atoms with Gasteiger partial charge in [-0.1, -0.05) is 0 Å². The van der Waals surface area contributed by atoms with Crippen LogP contribution in [0.15, 0.2) is 40.8 Å². The molecule has 2 aromatic rings. The number of rotatable bonds is 4. The van der Waals surface area contributed by atoms with Gasteiger partial charge in [-0.3, -0.25) is 14.9 Å². The van der Waals surface area contributed by atoms with E-state index in [1.54, 1.807) is 19.1 Å². The van der Waals surface area contributed by atoms with E-state index in [1.807, 2.05) is 0 Å². The average Bonchev–Trinajstić information content (AvgIpc) is 2.82. The van der Waals surface area contributed by atoms with Crippen LogP contribution < -0.4 is 5.32 Å². The smallest absolute Gasteiger partial charge is 0.304 e. The fourth-order valence-electron chi connectivity index (χ4n) is 1.62. The Hall–Kier alpha value is -2.96. The third-order valence-electron chi connectivity index (χ3n) is 2.57. The molecule has 1 heterocycles. The number of hydrogen-bond donors (Lipinski definition) is 1. The molecule has 0 aliphatic rings. The Morgan fingerprint density at radius 2 is 2.14 bits per heavy atom. The first-order valence-electron chi connectivity index (χ1n) is 5.95. The molecule has 6 nitrogen and oxygen atoms in total. The summed E-state index contributed by atoms with van der Waals surface area (Å²) >= 11 is 0. The summed E-state index contributed by atoms with van der Waals surface area (Å²) < 4.78 is 18.6. The first kappa shape index (κ1) is 14.4. The van der Waals surface area contributed by atoms with Crippen molar-refractivity contribution >= 4 is 23.4 Å². The molecule has 21 heavy (non-hydrogen) atoms. The predicted molar refractivity (Wildman–Crippen MR) is 74.2 cm³/mol. The Morgan fingerprint density at radius 1 is 1.38 bits per heavy atom. The molecule has 0 aliphatic carbocycles. The number of halogens is 1. The summed E-state index contributed by atoms with van der Waals surface area (Å²) in [5.41, 5.74) is -0.516. The van der Waals surface area contributed by atoms with E-state index in [0.29, 0.717) is 11.5 Å². The highest BCUT2D eigenvalue weighted by Crippen LogP contribution is 2.20. The number of hydrogen-bond acceptors (Lipinski definition) is 4. The fourth-order valence-corrected chi connectivity index (χ4v) is 1.62. The predicted octanol–water partition coefficient (Wildman–Crippen LogP) is 3.29. The molecule has 0 atom stereocenters. The Bertz CT molecular complexity index is 722. The molecular weight excluding hydrogens is 279 g/mol. The maximum absolute atomic E-state index is 13.4. The molecule has 0 saturated carbocycles. The summed E-state index contributed by atoms with van der Waals surface area (Å²) in [6.45, 7) is 1.77. The molecule has 0 radical (unpaired) electrons. The molecule has 1 N–H and O–H groups in total. The van der Waals surface area contributed by atoms with E-state index < -0.39 is 22.3 Å². The van der Waals surface area contributed by atoms with Crippen molar-refractivity contribution in [3.8, 4) is 0 Å². The number of benzene rings is 1. The summed E-state index contributed by atoms with van der Waals surface area (Å²) in [7, 11) is 0. The van der Waals surface area contributed by atoms with Gasteiger partial charge in [0.25, 0.3) is 0 Å². The molecule has 1 aromatic heterocycles. The van der Waals surface area contributed by atoms with Crippen LogP contribution in [-0.4, -0.2) is 10.8 Å². The van der Waals surface area contributed by atoms with Crippen molar-refractivity contribution in [3.05, 3.63) is 63.9 Å². The lowest BCUT2D eigenvalue weighted by atomic mass is 10.2. The monoisotopic (exact) mass is 290 g/mol. The molecule has 2 rings (SSSR count). The number of nitro benzene ring substituents is 1. The molecule has 0 bridgehead atoms. The molecule has 108 valence electrons. The van der Waals surface area contributed by atoms with Crippen LogP contribution in [0.3, 0.4) is 0 Å². The Labute approximate surface area is 119 Å². The lowest BCUT2D eigenvalue weighted by Gasteiger charge is -2.02. The van der Waals surface area contributed by atoms with Gasteiger partial charge in [0.15, 0.2) is 0 Å². The lowest BCUT2D eigenvalue weighted by Crippen LogP contribution is -2.08. The minimum Gasteiger partial charge on any atom is -0.462 e. The van der Waals surface area contributed by atoms with Gasteiger partial charge >= 0.3 is 5.69 Å². The maximum Gasteiger partial charge on any atom is 0.304 e. The van der Waals surface area contributed by atoms with Crippen molar-refractivity contribution in [3.63, 3.8) is 0 Å². The van der Waals surface area contributed by atoms with Crippen LogP contribution in [0.5, 0.6) is 0 Å². The van der Waals surface area contributed by atoms with Crippen molar-refractivity contribution in [1.29, 1.82) is 0 Å². The van der Waals surface area contributed by atoms with Crippen LogP contribution >= 0.6 is 0 Å². The third kappa shape index (κ3) is 3.75. The average molecular weight is 290 g/mol. The first-order chi connectivity index (χ1) is 9.95. The Balaban J connectivity index is 2.04. The number of carbonyl (C=O) groups is 1. The number of aryl methyl sites for hydroxylation is 1. The molecule has 7 heteroatoms. The number of nitrogens with one attached hydrogen (secondary N) is 1. The van der Waals surface area contributed by atoms with Gasteiger partial charge < -0.3 is 9.73 Å². The number of amides is 1. The van der Waals surface area contributed by atoms with Gasteiger partial charge in [0, 0.05) is 23.9 Å². The minimum absolute atomic E-state index is 0.128. The van der Waals surface area contributed by atoms with Crippen LogP contribution in [0.2, 0.25) is 0 Å². The van der Waals surface area contributed by atoms with Gasteiger partial charge in [0.2, 0.25) is 11.7 Å². The molecule has 0 unspecified atom stereocenters. The van der Waals surface area contributed by atoms with Gasteiger partial charge in [-0.15, -0.1) is 0 Å². The molecule has 0 spiro atoms. The fraction of sp³-hybridized carbons (Fsp3) is 0.0714. The quantitative estimate of drug-likeness (QED) is 0.532. The summed E-state index contributed by atoms with van der Waals surface area (Å²) in [6.07, 6.45) is 2.68. The summed E-state index contributed by atoms with van der Waals surface area (Å²) in [6, 6.07) is 6.59. The summed E-state index contributed by atoms with van der Waals surface area (Å²) in [5.74, 6) is -0.286. The highest BCUT2D eigenvalue weighted by Gasteiger charge is 2.14. The molecule has 0 fully saturated rings. The zero-order valence-corrected chi connectivity index (χ0v) is 11.0. The van der Waals surface area contributed by atoms with Gasteiger partial charge in [0.1, 0.15) is 11.5 Å². The SMILES string of the molecule is Cc1ccc(/C=C/C(=O)Nc2ccc([N+](=O)[O-])c(F)c2)o1. The number of furan rings is 1. The Morgan fingerprint density at radius 3 is 2.71 bits per heavy atom. The van der Waals surface area contributed by atoms with Crippen molar-refractivity contribution in [2.75, 3.05) is 5.32 Å². The molecular formula is C14H11FN2O4. The van der Waals surface area contributed by atoms with Crippen LogP contribution in [0.25, 0.3) is 6.08 Å². The second-order valence-electron chi connectivity index (χ2n) is 4.19. The van der Waals surface area contributed by atoms with E-state index in [1.165, 1.54) is 18.2 Å². The van der Waals surface area contributed by atoms with E-state index in [-0.39, 0.29) is 5.69 Å². The molecule has 0 aliphatic heterocycles. The lowest BCUT2D eigenvalue weighted by molar-refractivity contribution is -0.387. The summed E-state index contributed by atoms with van der Waals surface area (Å²) in [5, 5.41) is 12.9. The van der Waals surface area contributed by atoms with Crippen LogP contribution in [0, 0.1) is 22.9 Å². The molecule has 0 saturated heterocycles. The second-order valence-corrected chi connectivity index (χ2v) is 4.19. The van der Waals surface area contributed by atoms with Gasteiger partial charge in [-0.05, 0) is 31.2 Å². The standard InChI is InChI=1S/C14H11FN2O4/c1-9-2-4-11(21-9)5-7-14(18)16-10-3-6-13(17(19)20)12(15)8-10/h2-8H,1H3,(H,16,18)/b7-5+. The number of nitrogens with zero attached hydrogens (tertiary/aromatic N) is 1. The number of anilines is 1. The number of nitro groups is 1. The van der Waals surface area contributed by atoms with E-state index in [2.05, 4.69) is 5.32 Å². The number of carbonyl (C=O) groups excluding carboxylic acids is 1. The first-order valence-corrected chi connectivity index (χ1v) is 5.95. The van der Waals surface area contributed by atoms with Gasteiger partial charge in [0.05, 0.1) is 4.92 Å². The van der Waals surface area contributed by atoms with Crippen LogP contribution in [0.1, 0.15) is 11.5 Å². The van der Waals surface area contributed by atoms with Crippen molar-refractivity contribution < 1.29 is 18.5 Å². The highest BCUT2D eigenvalue weighted by atomic mass is 19.1. The van der Waals surface area contributed by atoms with Gasteiger partial charge in [-0.2, -0.15) is 4.39 Å². The highest BCUT2D eigenvalue weighted by molar-refractivity contribution is 6.01. The zero-order valence-electron chi connectivity index (χ0n) is 11.0. The minimum atomic E-state index is -1.01. The van der Waals surface area contributed by atoms with E-state index in [4.69, 9.17) is 4.42 Å². The van der Waals surface area contributed by atoms with E-state index in [0.717, 1.165) is 12.1 Å². The molecule has 1 aromatic carbocycles. The summed E-state index contributed by atoms with van der Waals surface area (Å²) in [4.78, 5) is 21.3. The van der Waals surface area contributed by atoms with Crippen molar-refractivity contribution in [1.82, 2.24) is 0 Å². The Kier molecular flexibility index (Phi) is 4.13. The second kappa shape index (κ2) is 6.00. The molecule has 1 amide bonds. The van der Waals surface area contributed by atoms with Gasteiger partial charge in [-0.25, -0.2) is 0 Å².